The van der Waals surface area contributed by atoms with Gasteiger partial charge < -0.3 is 10.4 Å². The average molecular weight is 245 g/mol. The zero-order valence-electron chi connectivity index (χ0n) is 10.2. The first-order chi connectivity index (χ1) is 8.70. The van der Waals surface area contributed by atoms with Crippen LogP contribution >= 0.6 is 0 Å². The predicted molar refractivity (Wildman–Crippen MR) is 69.9 cm³/mol. The molecule has 0 atom stereocenters. The van der Waals surface area contributed by atoms with E-state index in [2.05, 4.69) is 22.2 Å². The van der Waals surface area contributed by atoms with Crippen LogP contribution in [-0.4, -0.2) is 27.6 Å². The number of benzene rings is 1. The summed E-state index contributed by atoms with van der Waals surface area (Å²) in [7, 11) is 0. The van der Waals surface area contributed by atoms with E-state index in [1.807, 2.05) is 0 Å². The number of nitrogens with zero attached hydrogens (tertiary/aromatic N) is 2. The number of aromatic nitrogens is 2. The Balaban J connectivity index is 2.24. The van der Waals surface area contributed by atoms with Crippen molar-refractivity contribution >= 4 is 22.8 Å². The molecular formula is C13H15N3O2. The number of anilines is 1. The van der Waals surface area contributed by atoms with Gasteiger partial charge in [0.25, 0.3) is 0 Å². The van der Waals surface area contributed by atoms with Gasteiger partial charge >= 0.3 is 5.97 Å². The highest BCUT2D eigenvalue weighted by Gasteiger charge is 2.05. The first kappa shape index (κ1) is 12.3. The lowest BCUT2D eigenvalue weighted by Crippen LogP contribution is -2.05. The van der Waals surface area contributed by atoms with E-state index in [1.54, 1.807) is 24.4 Å². The van der Waals surface area contributed by atoms with Crippen molar-refractivity contribution in [2.75, 3.05) is 11.9 Å². The molecule has 0 spiro atoms. The van der Waals surface area contributed by atoms with Crippen LogP contribution in [-0.2, 0) is 0 Å². The Labute approximate surface area is 105 Å². The number of carboxylic acid groups (broad SMARTS) is 1. The first-order valence-electron chi connectivity index (χ1n) is 5.94. The van der Waals surface area contributed by atoms with Crippen molar-refractivity contribution in [2.45, 2.75) is 19.8 Å². The maximum atomic E-state index is 10.8. The van der Waals surface area contributed by atoms with E-state index in [9.17, 15) is 4.79 Å². The lowest BCUT2D eigenvalue weighted by molar-refractivity contribution is 0.0697. The fraction of sp³-hybridized carbons (Fsp3) is 0.308. The summed E-state index contributed by atoms with van der Waals surface area (Å²) < 4.78 is 0. The standard InChI is InChI=1S/C13H15N3O2/c1-2-3-6-14-13-15-8-10-7-9(12(17)18)4-5-11(10)16-13/h4-5,7-8H,2-3,6H2,1H3,(H,17,18)(H,14,15,16). The lowest BCUT2D eigenvalue weighted by atomic mass is 10.1. The van der Waals surface area contributed by atoms with Gasteiger partial charge in [-0.2, -0.15) is 0 Å². The number of aromatic carboxylic acids is 1. The minimum absolute atomic E-state index is 0.248. The highest BCUT2D eigenvalue weighted by Crippen LogP contribution is 2.15. The molecule has 5 nitrogen and oxygen atoms in total. The van der Waals surface area contributed by atoms with E-state index >= 15 is 0 Å². The molecule has 0 amide bonds. The maximum absolute atomic E-state index is 10.8. The summed E-state index contributed by atoms with van der Waals surface area (Å²) in [6.45, 7) is 2.96. The summed E-state index contributed by atoms with van der Waals surface area (Å²) in [5, 5.41) is 12.8. The van der Waals surface area contributed by atoms with E-state index in [-0.39, 0.29) is 5.56 Å². The minimum atomic E-state index is -0.943. The van der Waals surface area contributed by atoms with Crippen LogP contribution in [0, 0.1) is 0 Å². The number of carbonyl (C=O) groups is 1. The summed E-state index contributed by atoms with van der Waals surface area (Å²) >= 11 is 0. The molecule has 0 aliphatic heterocycles. The van der Waals surface area contributed by atoms with Crippen molar-refractivity contribution in [1.29, 1.82) is 0 Å². The second kappa shape index (κ2) is 5.44. The highest BCUT2D eigenvalue weighted by atomic mass is 16.4. The van der Waals surface area contributed by atoms with Crippen LogP contribution in [0.25, 0.3) is 10.9 Å². The molecule has 0 bridgehead atoms. The summed E-state index contributed by atoms with van der Waals surface area (Å²) in [6, 6.07) is 4.83. The van der Waals surface area contributed by atoms with Crippen molar-refractivity contribution in [3.8, 4) is 0 Å². The molecule has 5 heteroatoms. The van der Waals surface area contributed by atoms with Crippen molar-refractivity contribution in [3.05, 3.63) is 30.0 Å². The van der Waals surface area contributed by atoms with Crippen LogP contribution in [0.5, 0.6) is 0 Å². The third kappa shape index (κ3) is 2.74. The molecule has 0 saturated heterocycles. The summed E-state index contributed by atoms with van der Waals surface area (Å²) in [4.78, 5) is 19.3. The second-order valence-corrected chi connectivity index (χ2v) is 4.05. The Hall–Kier alpha value is -2.17. The van der Waals surface area contributed by atoms with Gasteiger partial charge in [0.1, 0.15) is 0 Å². The molecule has 0 aliphatic rings. The molecular weight excluding hydrogens is 230 g/mol. The zero-order chi connectivity index (χ0) is 13.0. The van der Waals surface area contributed by atoms with Crippen LogP contribution in [0.2, 0.25) is 0 Å². The van der Waals surface area contributed by atoms with E-state index in [0.717, 1.165) is 30.3 Å². The summed E-state index contributed by atoms with van der Waals surface area (Å²) in [5.41, 5.74) is 0.992. The average Bonchev–Trinajstić information content (AvgIpc) is 2.38. The van der Waals surface area contributed by atoms with Crippen LogP contribution in [0.4, 0.5) is 5.95 Å². The van der Waals surface area contributed by atoms with Gasteiger partial charge in [0.2, 0.25) is 5.95 Å². The van der Waals surface area contributed by atoms with Gasteiger partial charge in [-0.3, -0.25) is 0 Å². The number of carboxylic acids is 1. The third-order valence-electron chi connectivity index (χ3n) is 2.64. The Morgan fingerprint density at radius 3 is 3.00 bits per heavy atom. The minimum Gasteiger partial charge on any atom is -0.478 e. The molecule has 0 fully saturated rings. The number of hydrogen-bond acceptors (Lipinski definition) is 4. The van der Waals surface area contributed by atoms with E-state index in [4.69, 9.17) is 5.11 Å². The molecule has 1 aromatic carbocycles. The van der Waals surface area contributed by atoms with Gasteiger partial charge in [0.15, 0.2) is 0 Å². The topological polar surface area (TPSA) is 75.1 Å². The maximum Gasteiger partial charge on any atom is 0.335 e. The molecule has 1 heterocycles. The second-order valence-electron chi connectivity index (χ2n) is 4.05. The molecule has 0 unspecified atom stereocenters. The van der Waals surface area contributed by atoms with Crippen LogP contribution in [0.15, 0.2) is 24.4 Å². The molecule has 2 aromatic rings. The van der Waals surface area contributed by atoms with Gasteiger partial charge in [-0.15, -0.1) is 0 Å². The Bertz CT molecular complexity index is 569. The summed E-state index contributed by atoms with van der Waals surface area (Å²) in [6.07, 6.45) is 3.82. The van der Waals surface area contributed by atoms with E-state index in [1.165, 1.54) is 0 Å². The fourth-order valence-electron chi connectivity index (χ4n) is 1.63. The predicted octanol–water partition coefficient (Wildman–Crippen LogP) is 2.54. The van der Waals surface area contributed by atoms with Crippen molar-refractivity contribution in [1.82, 2.24) is 9.97 Å². The third-order valence-corrected chi connectivity index (χ3v) is 2.64. The van der Waals surface area contributed by atoms with Crippen LogP contribution in [0.3, 0.4) is 0 Å². The van der Waals surface area contributed by atoms with Crippen molar-refractivity contribution < 1.29 is 9.90 Å². The summed E-state index contributed by atoms with van der Waals surface area (Å²) in [5.74, 6) is -0.360. The fourth-order valence-corrected chi connectivity index (χ4v) is 1.63. The van der Waals surface area contributed by atoms with E-state index < -0.39 is 5.97 Å². The number of hydrogen-bond donors (Lipinski definition) is 2. The molecule has 18 heavy (non-hydrogen) atoms. The molecule has 2 N–H and O–H groups in total. The molecule has 0 saturated carbocycles. The Morgan fingerprint density at radius 2 is 2.28 bits per heavy atom. The highest BCUT2D eigenvalue weighted by molar-refractivity contribution is 5.93. The van der Waals surface area contributed by atoms with Crippen molar-refractivity contribution in [2.24, 2.45) is 0 Å². The Morgan fingerprint density at radius 1 is 1.44 bits per heavy atom. The van der Waals surface area contributed by atoms with Gasteiger partial charge in [0, 0.05) is 18.1 Å². The zero-order valence-corrected chi connectivity index (χ0v) is 10.2. The SMILES string of the molecule is CCCCNc1ncc2cc(C(=O)O)ccc2n1. The number of fused-ring (bicyclic) bond motifs is 1. The van der Waals surface area contributed by atoms with Gasteiger partial charge in [-0.05, 0) is 24.6 Å². The molecule has 1 aromatic heterocycles. The number of rotatable bonds is 5. The largest absolute Gasteiger partial charge is 0.478 e. The normalized spacial score (nSPS) is 10.5. The van der Waals surface area contributed by atoms with E-state index in [0.29, 0.717) is 5.95 Å². The molecule has 0 radical (unpaired) electrons. The van der Waals surface area contributed by atoms with Gasteiger partial charge in [0.05, 0.1) is 11.1 Å². The number of nitrogens with one attached hydrogen (secondary N) is 1. The Kier molecular flexibility index (Phi) is 3.72. The monoisotopic (exact) mass is 245 g/mol. The van der Waals surface area contributed by atoms with Crippen molar-refractivity contribution in [3.63, 3.8) is 0 Å². The molecule has 0 aliphatic carbocycles. The van der Waals surface area contributed by atoms with Gasteiger partial charge in [-0.1, -0.05) is 13.3 Å². The lowest BCUT2D eigenvalue weighted by Gasteiger charge is -2.05. The molecule has 2 rings (SSSR count). The number of unbranched alkanes of at least 4 members (excludes halogenated alkanes) is 1. The van der Waals surface area contributed by atoms with Gasteiger partial charge in [-0.25, -0.2) is 14.8 Å². The first-order valence-corrected chi connectivity index (χ1v) is 5.94. The smallest absolute Gasteiger partial charge is 0.335 e. The molecule has 94 valence electrons. The quantitative estimate of drug-likeness (QED) is 0.792. The van der Waals surface area contributed by atoms with Crippen LogP contribution < -0.4 is 5.32 Å². The van der Waals surface area contributed by atoms with Crippen LogP contribution in [0.1, 0.15) is 30.1 Å².